The van der Waals surface area contributed by atoms with E-state index in [0.29, 0.717) is 11.6 Å². The van der Waals surface area contributed by atoms with Gasteiger partial charge < -0.3 is 0 Å². The summed E-state index contributed by atoms with van der Waals surface area (Å²) in [6.45, 7) is 0. The third-order valence-corrected chi connectivity index (χ3v) is 2.89. The van der Waals surface area contributed by atoms with E-state index >= 15 is 0 Å². The summed E-state index contributed by atoms with van der Waals surface area (Å²) >= 11 is 5.83. The highest BCUT2D eigenvalue weighted by molar-refractivity contribution is 6.29. The van der Waals surface area contributed by atoms with Crippen LogP contribution in [-0.4, -0.2) is 4.98 Å². The predicted octanol–water partition coefficient (Wildman–Crippen LogP) is 2.62. The summed E-state index contributed by atoms with van der Waals surface area (Å²) in [7, 11) is 0. The molecule has 3 nitrogen and oxygen atoms in total. The van der Waals surface area contributed by atoms with Crippen molar-refractivity contribution in [3.05, 3.63) is 64.7 Å². The molecule has 1 atom stereocenters. The van der Waals surface area contributed by atoms with E-state index in [-0.39, 0.29) is 11.9 Å². The lowest BCUT2D eigenvalue weighted by atomic mass is 10.0. The van der Waals surface area contributed by atoms with Gasteiger partial charge >= 0.3 is 0 Å². The second-order valence-corrected chi connectivity index (χ2v) is 4.35. The van der Waals surface area contributed by atoms with Crippen molar-refractivity contribution in [3.63, 3.8) is 0 Å². The Hall–Kier alpha value is -1.49. The highest BCUT2D eigenvalue weighted by atomic mass is 35.5. The van der Waals surface area contributed by atoms with Crippen molar-refractivity contribution in [2.75, 3.05) is 0 Å². The summed E-state index contributed by atoms with van der Waals surface area (Å²) < 4.78 is 13.1. The van der Waals surface area contributed by atoms with Gasteiger partial charge in [0.1, 0.15) is 11.0 Å². The Morgan fingerprint density at radius 3 is 2.83 bits per heavy atom. The summed E-state index contributed by atoms with van der Waals surface area (Å²) in [5.74, 6) is 5.28. The first-order chi connectivity index (χ1) is 8.69. The average Bonchev–Trinajstić information content (AvgIpc) is 2.36. The Kier molecular flexibility index (Phi) is 4.25. The molecule has 0 radical (unpaired) electrons. The van der Waals surface area contributed by atoms with E-state index in [1.165, 1.54) is 12.1 Å². The fourth-order valence-electron chi connectivity index (χ4n) is 1.81. The van der Waals surface area contributed by atoms with Crippen molar-refractivity contribution >= 4 is 11.6 Å². The number of nitrogens with zero attached hydrogens (tertiary/aromatic N) is 1. The number of hydrazine groups is 1. The minimum Gasteiger partial charge on any atom is -0.271 e. The van der Waals surface area contributed by atoms with Gasteiger partial charge in [0, 0.05) is 6.20 Å². The number of pyridine rings is 1. The third-order valence-electron chi connectivity index (χ3n) is 2.68. The molecular weight excluding hydrogens is 253 g/mol. The molecule has 18 heavy (non-hydrogen) atoms. The van der Waals surface area contributed by atoms with Crippen molar-refractivity contribution < 1.29 is 4.39 Å². The van der Waals surface area contributed by atoms with Gasteiger partial charge in [0.05, 0.1) is 6.04 Å². The SMILES string of the molecule is NNC(Cc1cccc(F)c1)c1ccnc(Cl)c1. The smallest absolute Gasteiger partial charge is 0.129 e. The Bertz CT molecular complexity index is 533. The first kappa shape index (κ1) is 13.0. The lowest BCUT2D eigenvalue weighted by Gasteiger charge is -2.16. The fraction of sp³-hybridized carbons (Fsp3) is 0.154. The molecule has 2 aromatic rings. The maximum atomic E-state index is 13.1. The molecule has 0 aliphatic heterocycles. The van der Waals surface area contributed by atoms with Crippen molar-refractivity contribution in [1.82, 2.24) is 10.4 Å². The van der Waals surface area contributed by atoms with Crippen LogP contribution in [0.25, 0.3) is 0 Å². The molecule has 0 aliphatic rings. The number of aromatic nitrogens is 1. The van der Waals surface area contributed by atoms with Gasteiger partial charge in [-0.2, -0.15) is 0 Å². The van der Waals surface area contributed by atoms with E-state index < -0.39 is 0 Å². The van der Waals surface area contributed by atoms with Crippen LogP contribution in [0.4, 0.5) is 4.39 Å². The Balaban J connectivity index is 2.19. The normalized spacial score (nSPS) is 12.4. The molecule has 94 valence electrons. The van der Waals surface area contributed by atoms with Crippen molar-refractivity contribution in [1.29, 1.82) is 0 Å². The monoisotopic (exact) mass is 265 g/mol. The third kappa shape index (κ3) is 3.26. The molecule has 0 aliphatic carbocycles. The molecule has 3 N–H and O–H groups in total. The van der Waals surface area contributed by atoms with Crippen LogP contribution in [-0.2, 0) is 6.42 Å². The zero-order valence-corrected chi connectivity index (χ0v) is 10.4. The van der Waals surface area contributed by atoms with E-state index in [1.807, 2.05) is 12.1 Å². The van der Waals surface area contributed by atoms with Gasteiger partial charge in [-0.25, -0.2) is 9.37 Å². The molecule has 1 heterocycles. The van der Waals surface area contributed by atoms with Crippen molar-refractivity contribution in [2.24, 2.45) is 5.84 Å². The van der Waals surface area contributed by atoms with Crippen LogP contribution in [0, 0.1) is 5.82 Å². The molecule has 0 bridgehead atoms. The van der Waals surface area contributed by atoms with Crippen molar-refractivity contribution in [2.45, 2.75) is 12.5 Å². The fourth-order valence-corrected chi connectivity index (χ4v) is 1.99. The second-order valence-electron chi connectivity index (χ2n) is 3.97. The number of hydrogen-bond acceptors (Lipinski definition) is 3. The van der Waals surface area contributed by atoms with Gasteiger partial charge in [0.2, 0.25) is 0 Å². The summed E-state index contributed by atoms with van der Waals surface area (Å²) in [6, 6.07) is 9.88. The van der Waals surface area contributed by atoms with Gasteiger partial charge in [0.25, 0.3) is 0 Å². The molecule has 1 aromatic carbocycles. The van der Waals surface area contributed by atoms with Crippen LogP contribution in [0.15, 0.2) is 42.6 Å². The molecule has 1 unspecified atom stereocenters. The van der Waals surface area contributed by atoms with Crippen LogP contribution in [0.5, 0.6) is 0 Å². The van der Waals surface area contributed by atoms with Crippen LogP contribution in [0.2, 0.25) is 5.15 Å². The molecule has 0 saturated heterocycles. The Morgan fingerprint density at radius 1 is 1.33 bits per heavy atom. The number of benzene rings is 1. The maximum absolute atomic E-state index is 13.1. The molecule has 0 amide bonds. The topological polar surface area (TPSA) is 50.9 Å². The van der Waals surface area contributed by atoms with E-state index in [4.69, 9.17) is 17.4 Å². The maximum Gasteiger partial charge on any atom is 0.129 e. The summed E-state index contributed by atoms with van der Waals surface area (Å²) in [4.78, 5) is 3.91. The van der Waals surface area contributed by atoms with Gasteiger partial charge in [-0.15, -0.1) is 0 Å². The number of rotatable bonds is 4. The molecule has 0 fully saturated rings. The van der Waals surface area contributed by atoms with E-state index in [2.05, 4.69) is 10.4 Å². The lowest BCUT2D eigenvalue weighted by Crippen LogP contribution is -2.29. The molecule has 2 rings (SSSR count). The van der Waals surface area contributed by atoms with Gasteiger partial charge in [-0.05, 0) is 41.8 Å². The Morgan fingerprint density at radius 2 is 2.17 bits per heavy atom. The van der Waals surface area contributed by atoms with Gasteiger partial charge in [-0.1, -0.05) is 23.7 Å². The molecule has 0 spiro atoms. The highest BCUT2D eigenvalue weighted by Crippen LogP contribution is 2.19. The number of hydrogen-bond donors (Lipinski definition) is 2. The lowest BCUT2D eigenvalue weighted by molar-refractivity contribution is 0.548. The van der Waals surface area contributed by atoms with Crippen molar-refractivity contribution in [3.8, 4) is 0 Å². The van der Waals surface area contributed by atoms with Crippen LogP contribution < -0.4 is 11.3 Å². The molecule has 1 aromatic heterocycles. The first-order valence-electron chi connectivity index (χ1n) is 5.51. The van der Waals surface area contributed by atoms with Crippen LogP contribution in [0.1, 0.15) is 17.2 Å². The average molecular weight is 266 g/mol. The summed E-state index contributed by atoms with van der Waals surface area (Å²) in [6.07, 6.45) is 2.20. The van der Waals surface area contributed by atoms with Crippen LogP contribution >= 0.6 is 11.6 Å². The largest absolute Gasteiger partial charge is 0.271 e. The van der Waals surface area contributed by atoms with E-state index in [0.717, 1.165) is 11.1 Å². The zero-order chi connectivity index (χ0) is 13.0. The number of nitrogens with two attached hydrogens (primary N) is 1. The predicted molar refractivity (Wildman–Crippen MR) is 69.4 cm³/mol. The summed E-state index contributed by atoms with van der Waals surface area (Å²) in [5.41, 5.74) is 4.49. The number of nitrogens with one attached hydrogen (secondary N) is 1. The van der Waals surface area contributed by atoms with Crippen LogP contribution in [0.3, 0.4) is 0 Å². The quantitative estimate of drug-likeness (QED) is 0.508. The first-order valence-corrected chi connectivity index (χ1v) is 5.89. The van der Waals surface area contributed by atoms with E-state index in [9.17, 15) is 4.39 Å². The summed E-state index contributed by atoms with van der Waals surface area (Å²) in [5, 5.41) is 0.409. The highest BCUT2D eigenvalue weighted by Gasteiger charge is 2.11. The van der Waals surface area contributed by atoms with Gasteiger partial charge in [0.15, 0.2) is 0 Å². The molecule has 0 saturated carbocycles. The van der Waals surface area contributed by atoms with Gasteiger partial charge in [-0.3, -0.25) is 11.3 Å². The number of halogens is 2. The molecular formula is C13H13ClFN3. The zero-order valence-electron chi connectivity index (χ0n) is 9.61. The second kappa shape index (κ2) is 5.91. The minimum absolute atomic E-state index is 0.132. The molecule has 5 heteroatoms. The minimum atomic E-state index is -0.254. The standard InChI is InChI=1S/C13H13ClFN3/c14-13-8-10(4-5-17-13)12(18-16)7-9-2-1-3-11(15)6-9/h1-6,8,12,18H,7,16H2. The van der Waals surface area contributed by atoms with E-state index in [1.54, 1.807) is 18.3 Å². The Labute approximate surface area is 110 Å².